The van der Waals surface area contributed by atoms with Gasteiger partial charge in [-0.1, -0.05) is 35.4 Å². The average molecular weight is 441 g/mol. The highest BCUT2D eigenvalue weighted by atomic mass is 79.9. The molecule has 5 heteroatoms. The Labute approximate surface area is 170 Å². The normalized spacial score (nSPS) is 48.4. The van der Waals surface area contributed by atoms with Crippen LogP contribution >= 0.6 is 15.9 Å². The molecule has 152 valence electrons. The number of Topliss-reactive ketones (excluding diaryl/α,β-unsaturated/α-hetero) is 1. The second-order valence-electron chi connectivity index (χ2n) is 9.45. The van der Waals surface area contributed by atoms with Gasteiger partial charge in [-0.05, 0) is 74.7 Å². The highest BCUT2D eigenvalue weighted by molar-refractivity contribution is 9.09. The van der Waals surface area contributed by atoms with Crippen LogP contribution in [-0.4, -0.2) is 39.3 Å². The van der Waals surface area contributed by atoms with Crippen molar-refractivity contribution < 1.29 is 19.8 Å². The molecule has 2 N–H and O–H groups in total. The Morgan fingerprint density at radius 1 is 1.15 bits per heavy atom. The summed E-state index contributed by atoms with van der Waals surface area (Å²) in [5.41, 5.74) is -0.0844. The zero-order chi connectivity index (χ0) is 20.2. The molecule has 3 saturated carbocycles. The van der Waals surface area contributed by atoms with Gasteiger partial charge < -0.3 is 10.2 Å². The van der Waals surface area contributed by atoms with E-state index < -0.39 is 5.60 Å². The summed E-state index contributed by atoms with van der Waals surface area (Å²) >= 11 is 3.67. The van der Waals surface area contributed by atoms with Crippen molar-refractivity contribution in [1.82, 2.24) is 0 Å². The second-order valence-corrected chi connectivity index (χ2v) is 10.6. The fraction of sp³-hybridized carbons (Fsp3) is 0.818. The maximum Gasteiger partial charge on any atom is 0.163 e. The molecule has 0 radical (unpaired) electrons. The summed E-state index contributed by atoms with van der Waals surface area (Å²) in [7, 11) is 1.00. The molecule has 0 aliphatic heterocycles. The van der Waals surface area contributed by atoms with Crippen LogP contribution in [0.5, 0.6) is 0 Å². The standard InChI is InChI=1S/C21H29BrO3.CH4O/c1-12(23)21(25)18(22)11-17-15-5-4-13-10-14(24)6-8-19(13,2)16(15)7-9-20(17,21)3;1-2/h10,15-18,25H,4-9,11H2,1-3H3;2H,1H3/t15-,16+,17+,18+,19+,20+,21-;/m1./s1. The van der Waals surface area contributed by atoms with Crippen molar-refractivity contribution in [3.8, 4) is 0 Å². The summed E-state index contributed by atoms with van der Waals surface area (Å²) in [5, 5.41) is 18.4. The van der Waals surface area contributed by atoms with Crippen LogP contribution in [0.4, 0.5) is 0 Å². The molecule has 4 aliphatic carbocycles. The Morgan fingerprint density at radius 2 is 1.81 bits per heavy atom. The van der Waals surface area contributed by atoms with Crippen LogP contribution in [0.1, 0.15) is 65.7 Å². The molecule has 0 unspecified atom stereocenters. The number of aliphatic hydroxyl groups is 2. The molecular weight excluding hydrogens is 408 g/mol. The second kappa shape index (κ2) is 7.07. The highest BCUT2D eigenvalue weighted by Crippen LogP contribution is 2.68. The molecule has 3 fully saturated rings. The molecule has 0 aromatic heterocycles. The quantitative estimate of drug-likeness (QED) is 0.607. The monoisotopic (exact) mass is 440 g/mol. The van der Waals surface area contributed by atoms with E-state index in [1.165, 1.54) is 5.57 Å². The topological polar surface area (TPSA) is 74.6 Å². The summed E-state index contributed by atoms with van der Waals surface area (Å²) in [6.45, 7) is 6.06. The number of hydrogen-bond donors (Lipinski definition) is 2. The van der Waals surface area contributed by atoms with Gasteiger partial charge in [-0.3, -0.25) is 9.59 Å². The zero-order valence-electron chi connectivity index (χ0n) is 16.9. The average Bonchev–Trinajstić information content (AvgIpc) is 2.85. The molecule has 4 aliphatic rings. The number of carbonyl (C=O) groups is 2. The molecule has 0 spiro atoms. The van der Waals surface area contributed by atoms with Crippen LogP contribution in [-0.2, 0) is 9.59 Å². The van der Waals surface area contributed by atoms with Gasteiger partial charge in [0.1, 0.15) is 5.60 Å². The molecule has 0 saturated heterocycles. The molecular formula is C22H33BrO4. The Balaban J connectivity index is 0.00000102. The minimum absolute atomic E-state index is 0.0938. The first kappa shape index (κ1) is 21.2. The van der Waals surface area contributed by atoms with Crippen LogP contribution in [0.25, 0.3) is 0 Å². The van der Waals surface area contributed by atoms with E-state index in [0.717, 1.165) is 45.6 Å². The molecule has 0 aromatic rings. The summed E-state index contributed by atoms with van der Waals surface area (Å²) in [6.07, 6.45) is 8.49. The maximum atomic E-state index is 12.4. The fourth-order valence-electron chi connectivity index (χ4n) is 7.16. The first-order valence-electron chi connectivity index (χ1n) is 10.2. The largest absolute Gasteiger partial charge is 0.400 e. The minimum Gasteiger partial charge on any atom is -0.400 e. The smallest absolute Gasteiger partial charge is 0.163 e. The molecule has 4 nitrogen and oxygen atoms in total. The summed E-state index contributed by atoms with van der Waals surface area (Å²) in [5.74, 6) is 1.69. The van der Waals surface area contributed by atoms with Crippen molar-refractivity contribution in [2.75, 3.05) is 7.11 Å². The third kappa shape index (κ3) is 2.75. The number of alkyl halides is 1. The van der Waals surface area contributed by atoms with Gasteiger partial charge in [-0.2, -0.15) is 0 Å². The van der Waals surface area contributed by atoms with Gasteiger partial charge >= 0.3 is 0 Å². The van der Waals surface area contributed by atoms with Crippen LogP contribution in [0.2, 0.25) is 0 Å². The fourth-order valence-corrected chi connectivity index (χ4v) is 8.41. The van der Waals surface area contributed by atoms with Crippen LogP contribution in [0.3, 0.4) is 0 Å². The van der Waals surface area contributed by atoms with E-state index in [9.17, 15) is 14.7 Å². The maximum absolute atomic E-state index is 12.4. The first-order valence-corrected chi connectivity index (χ1v) is 11.1. The van der Waals surface area contributed by atoms with E-state index in [-0.39, 0.29) is 21.4 Å². The van der Waals surface area contributed by atoms with Gasteiger partial charge in [-0.15, -0.1) is 0 Å². The summed E-state index contributed by atoms with van der Waals surface area (Å²) < 4.78 is 0. The van der Waals surface area contributed by atoms with Gasteiger partial charge in [0.2, 0.25) is 0 Å². The predicted octanol–water partition coefficient (Wildman–Crippen LogP) is 3.82. The molecule has 4 rings (SSSR count). The number of ketones is 2. The van der Waals surface area contributed by atoms with E-state index in [1.54, 1.807) is 6.92 Å². The van der Waals surface area contributed by atoms with E-state index >= 15 is 0 Å². The number of hydrogen-bond acceptors (Lipinski definition) is 4. The Kier molecular flexibility index (Phi) is 5.55. The molecule has 0 aromatic carbocycles. The van der Waals surface area contributed by atoms with Gasteiger partial charge in [0.15, 0.2) is 11.6 Å². The number of halogens is 1. The Bertz CT molecular complexity index is 673. The lowest BCUT2D eigenvalue weighted by atomic mass is 9.46. The number of carbonyl (C=O) groups excluding carboxylic acids is 2. The third-order valence-corrected chi connectivity index (χ3v) is 9.71. The highest BCUT2D eigenvalue weighted by Gasteiger charge is 2.68. The van der Waals surface area contributed by atoms with E-state index in [2.05, 4.69) is 29.8 Å². The SMILES string of the molecule is CC(=O)[C@@]1(O)[C@@H](Br)C[C@H]2[C@@H]3CCC4=CC(=O)CC[C@]4(C)[C@H]3CC[C@@]21C.CO. The minimum atomic E-state index is -1.25. The van der Waals surface area contributed by atoms with Crippen LogP contribution in [0, 0.1) is 28.6 Å². The zero-order valence-corrected chi connectivity index (χ0v) is 18.5. The molecule has 0 amide bonds. The lowest BCUT2D eigenvalue weighted by molar-refractivity contribution is -0.159. The third-order valence-electron chi connectivity index (χ3n) is 8.67. The summed E-state index contributed by atoms with van der Waals surface area (Å²) in [4.78, 5) is 24.2. The van der Waals surface area contributed by atoms with Crippen molar-refractivity contribution >= 4 is 27.5 Å². The van der Waals surface area contributed by atoms with Gasteiger partial charge in [0, 0.05) is 18.9 Å². The molecule has 27 heavy (non-hydrogen) atoms. The van der Waals surface area contributed by atoms with Gasteiger partial charge in [0.25, 0.3) is 0 Å². The molecule has 7 atom stereocenters. The number of fused-ring (bicyclic) bond motifs is 5. The van der Waals surface area contributed by atoms with Crippen LogP contribution in [0.15, 0.2) is 11.6 Å². The first-order chi connectivity index (χ1) is 12.6. The van der Waals surface area contributed by atoms with E-state index in [1.807, 2.05) is 6.08 Å². The Morgan fingerprint density at radius 3 is 2.44 bits per heavy atom. The van der Waals surface area contributed by atoms with E-state index in [4.69, 9.17) is 5.11 Å². The van der Waals surface area contributed by atoms with Crippen molar-refractivity contribution in [1.29, 1.82) is 0 Å². The lowest BCUT2D eigenvalue weighted by Crippen LogP contribution is -2.59. The van der Waals surface area contributed by atoms with E-state index in [0.29, 0.717) is 30.0 Å². The van der Waals surface area contributed by atoms with Crippen molar-refractivity contribution in [3.05, 3.63) is 11.6 Å². The summed E-state index contributed by atoms with van der Waals surface area (Å²) in [6, 6.07) is 0. The van der Waals surface area contributed by atoms with Gasteiger partial charge in [0.05, 0.1) is 4.83 Å². The number of rotatable bonds is 1. The predicted molar refractivity (Wildman–Crippen MR) is 109 cm³/mol. The van der Waals surface area contributed by atoms with Gasteiger partial charge in [-0.25, -0.2) is 0 Å². The molecule has 0 heterocycles. The van der Waals surface area contributed by atoms with Crippen molar-refractivity contribution in [2.24, 2.45) is 28.6 Å². The van der Waals surface area contributed by atoms with Crippen LogP contribution < -0.4 is 0 Å². The molecule has 0 bridgehead atoms. The number of allylic oxidation sites excluding steroid dienone is 1. The lowest BCUT2D eigenvalue weighted by Gasteiger charge is -2.58. The van der Waals surface area contributed by atoms with Crippen molar-refractivity contribution in [2.45, 2.75) is 76.1 Å². The van der Waals surface area contributed by atoms with Crippen molar-refractivity contribution in [3.63, 3.8) is 0 Å². The number of aliphatic hydroxyl groups excluding tert-OH is 1. The Hall–Kier alpha value is -0.520.